The molecule has 0 aliphatic carbocycles. The molecule has 0 spiro atoms. The van der Waals surface area contributed by atoms with E-state index in [2.05, 4.69) is 21.9 Å². The van der Waals surface area contributed by atoms with Gasteiger partial charge in [-0.3, -0.25) is 9.59 Å². The fraction of sp³-hybridized carbons (Fsp3) is 0.226. The average Bonchev–Trinajstić information content (AvgIpc) is 3.42. The van der Waals surface area contributed by atoms with E-state index < -0.39 is 5.97 Å². The number of anilines is 2. The molecule has 1 aromatic heterocycles. The van der Waals surface area contributed by atoms with E-state index in [-0.39, 0.29) is 37.2 Å². The largest absolute Gasteiger partial charge is 0.481 e. The lowest BCUT2D eigenvalue weighted by molar-refractivity contribution is -0.137. The summed E-state index contributed by atoms with van der Waals surface area (Å²) in [5, 5.41) is 18.8. The molecule has 1 atom stereocenters. The normalized spacial score (nSPS) is 14.3. The van der Waals surface area contributed by atoms with Gasteiger partial charge in [-0.15, -0.1) is 0 Å². The Balaban J connectivity index is 1.27. The maximum atomic E-state index is 13.6. The first-order valence-electron chi connectivity index (χ1n) is 13.1. The van der Waals surface area contributed by atoms with Crippen molar-refractivity contribution in [2.75, 3.05) is 10.6 Å². The lowest BCUT2D eigenvalue weighted by atomic mass is 9.91. The van der Waals surface area contributed by atoms with E-state index in [0.717, 1.165) is 27.9 Å². The molecular formula is C31H30N4O5. The third-order valence-corrected chi connectivity index (χ3v) is 7.03. The first kappa shape index (κ1) is 26.7. The third-order valence-electron chi connectivity index (χ3n) is 7.03. The maximum Gasteiger partial charge on any atom is 0.323 e. The van der Waals surface area contributed by atoms with Gasteiger partial charge in [-0.2, -0.15) is 0 Å². The second-order valence-electron chi connectivity index (χ2n) is 9.89. The first-order chi connectivity index (χ1) is 19.4. The molecule has 0 fully saturated rings. The molecule has 1 aliphatic heterocycles. The Morgan fingerprint density at radius 2 is 1.70 bits per heavy atom. The van der Waals surface area contributed by atoms with E-state index in [1.54, 1.807) is 18.2 Å². The van der Waals surface area contributed by atoms with Crippen molar-refractivity contribution in [3.8, 4) is 0 Å². The van der Waals surface area contributed by atoms with Gasteiger partial charge < -0.3 is 25.2 Å². The number of hydrogen-bond donors (Lipinski definition) is 3. The van der Waals surface area contributed by atoms with Crippen LogP contribution in [0.3, 0.4) is 0 Å². The summed E-state index contributed by atoms with van der Waals surface area (Å²) in [6.07, 6.45) is 0.954. The number of urea groups is 1. The number of carboxylic acid groups (broad SMARTS) is 1. The molecule has 0 saturated heterocycles. The summed E-state index contributed by atoms with van der Waals surface area (Å²) in [6.45, 7) is 2.36. The number of fused-ring (bicyclic) bond motifs is 1. The van der Waals surface area contributed by atoms with Crippen molar-refractivity contribution in [1.82, 2.24) is 10.1 Å². The molecule has 9 heteroatoms. The van der Waals surface area contributed by atoms with Crippen LogP contribution in [0, 0.1) is 6.92 Å². The molecule has 3 amide bonds. The SMILES string of the molecule is Cc1ccccc1NC(=O)Nc1ccc(CC(=O)N2Cc3ccccc3CC2c2cc(CCC(=O)O)on2)cc1. The van der Waals surface area contributed by atoms with E-state index in [4.69, 9.17) is 9.63 Å². The summed E-state index contributed by atoms with van der Waals surface area (Å²) in [4.78, 5) is 38.8. The van der Waals surface area contributed by atoms with Crippen LogP contribution >= 0.6 is 0 Å². The van der Waals surface area contributed by atoms with Crippen LogP contribution in [-0.4, -0.2) is 33.1 Å². The van der Waals surface area contributed by atoms with Crippen molar-refractivity contribution in [3.05, 3.63) is 113 Å². The number of carbonyl (C=O) groups excluding carboxylic acids is 2. The smallest absolute Gasteiger partial charge is 0.323 e. The van der Waals surface area contributed by atoms with Crippen molar-refractivity contribution < 1.29 is 24.0 Å². The lowest BCUT2D eigenvalue weighted by Crippen LogP contribution is -2.39. The zero-order chi connectivity index (χ0) is 28.1. The minimum absolute atomic E-state index is 0.0524. The highest BCUT2D eigenvalue weighted by Crippen LogP contribution is 2.34. The topological polar surface area (TPSA) is 125 Å². The summed E-state index contributed by atoms with van der Waals surface area (Å²) in [5.41, 5.74) is 5.97. The van der Waals surface area contributed by atoms with Gasteiger partial charge in [-0.25, -0.2) is 4.79 Å². The van der Waals surface area contributed by atoms with Crippen LogP contribution in [0.15, 0.2) is 83.4 Å². The molecule has 40 heavy (non-hydrogen) atoms. The highest BCUT2D eigenvalue weighted by molar-refractivity contribution is 6.00. The van der Waals surface area contributed by atoms with Gasteiger partial charge in [0.2, 0.25) is 5.91 Å². The van der Waals surface area contributed by atoms with Gasteiger partial charge in [0.1, 0.15) is 11.5 Å². The number of nitrogens with one attached hydrogen (secondary N) is 2. The van der Waals surface area contributed by atoms with Crippen LogP contribution in [0.5, 0.6) is 0 Å². The number of rotatable bonds is 8. The van der Waals surface area contributed by atoms with Crippen LogP contribution < -0.4 is 10.6 Å². The van der Waals surface area contributed by atoms with Crippen molar-refractivity contribution in [3.63, 3.8) is 0 Å². The van der Waals surface area contributed by atoms with Crippen molar-refractivity contribution in [2.45, 2.75) is 45.2 Å². The molecule has 3 N–H and O–H groups in total. The second kappa shape index (κ2) is 11.9. The molecule has 0 saturated carbocycles. The van der Waals surface area contributed by atoms with Gasteiger partial charge in [-0.05, 0) is 53.8 Å². The van der Waals surface area contributed by atoms with Gasteiger partial charge in [-0.1, -0.05) is 59.8 Å². The van der Waals surface area contributed by atoms with Gasteiger partial charge in [0.05, 0.1) is 18.9 Å². The molecule has 1 unspecified atom stereocenters. The lowest BCUT2D eigenvalue weighted by Gasteiger charge is -2.36. The Labute approximate surface area is 231 Å². The fourth-order valence-electron chi connectivity index (χ4n) is 4.86. The molecule has 1 aliphatic rings. The quantitative estimate of drug-likeness (QED) is 0.272. The van der Waals surface area contributed by atoms with Gasteiger partial charge >= 0.3 is 12.0 Å². The number of carbonyl (C=O) groups is 3. The summed E-state index contributed by atoms with van der Waals surface area (Å²) < 4.78 is 5.40. The Hall–Kier alpha value is -4.92. The van der Waals surface area contributed by atoms with Crippen molar-refractivity contribution >= 4 is 29.3 Å². The van der Waals surface area contributed by atoms with Crippen LogP contribution in [0.2, 0.25) is 0 Å². The van der Waals surface area contributed by atoms with E-state index in [1.807, 2.05) is 66.4 Å². The minimum atomic E-state index is -0.908. The Bertz CT molecular complexity index is 1530. The first-order valence-corrected chi connectivity index (χ1v) is 13.1. The highest BCUT2D eigenvalue weighted by atomic mass is 16.5. The zero-order valence-electron chi connectivity index (χ0n) is 22.1. The second-order valence-corrected chi connectivity index (χ2v) is 9.89. The number of aryl methyl sites for hydroxylation is 2. The van der Waals surface area contributed by atoms with E-state index >= 15 is 0 Å². The number of nitrogens with zero attached hydrogens (tertiary/aromatic N) is 2. The summed E-state index contributed by atoms with van der Waals surface area (Å²) in [6, 6.07) is 23.8. The molecule has 5 rings (SSSR count). The summed E-state index contributed by atoms with van der Waals surface area (Å²) in [7, 11) is 0. The van der Waals surface area contributed by atoms with E-state index in [9.17, 15) is 14.4 Å². The number of aliphatic carboxylic acids is 1. The van der Waals surface area contributed by atoms with Crippen LogP contribution in [0.25, 0.3) is 0 Å². The number of hydrogen-bond acceptors (Lipinski definition) is 5. The Morgan fingerprint density at radius 3 is 2.45 bits per heavy atom. The number of carboxylic acids is 1. The maximum absolute atomic E-state index is 13.6. The predicted molar refractivity (Wildman–Crippen MR) is 150 cm³/mol. The molecule has 2 heterocycles. The van der Waals surface area contributed by atoms with Crippen molar-refractivity contribution in [2.24, 2.45) is 0 Å². The van der Waals surface area contributed by atoms with Crippen LogP contribution in [0.4, 0.5) is 16.2 Å². The van der Waals surface area contributed by atoms with E-state index in [1.165, 1.54) is 0 Å². The fourth-order valence-corrected chi connectivity index (χ4v) is 4.86. The number of benzene rings is 3. The number of para-hydroxylation sites is 1. The molecule has 0 bridgehead atoms. The molecule has 3 aromatic carbocycles. The minimum Gasteiger partial charge on any atom is -0.481 e. The molecule has 9 nitrogen and oxygen atoms in total. The predicted octanol–water partition coefficient (Wildman–Crippen LogP) is 5.51. The Kier molecular flexibility index (Phi) is 7.91. The molecular weight excluding hydrogens is 508 g/mol. The number of aromatic nitrogens is 1. The van der Waals surface area contributed by atoms with Crippen molar-refractivity contribution in [1.29, 1.82) is 0 Å². The standard InChI is InChI=1S/C31H30N4O5/c1-20-6-2-5-9-26(20)33-31(39)32-24-12-10-21(11-13-24)16-29(36)35-19-23-8-4-3-7-22(23)17-28(35)27-18-25(40-34-27)14-15-30(37)38/h2-13,18,28H,14-17,19H2,1H3,(H,37,38)(H2,32,33,39). The Morgan fingerprint density at radius 1 is 0.975 bits per heavy atom. The van der Waals surface area contributed by atoms with Gasteiger partial charge in [0.15, 0.2) is 0 Å². The summed E-state index contributed by atoms with van der Waals surface area (Å²) >= 11 is 0. The van der Waals surface area contributed by atoms with E-state index in [0.29, 0.717) is 30.1 Å². The summed E-state index contributed by atoms with van der Waals surface area (Å²) in [5.74, 6) is -0.486. The molecule has 4 aromatic rings. The van der Waals surface area contributed by atoms with Crippen LogP contribution in [0.1, 0.15) is 46.2 Å². The van der Waals surface area contributed by atoms with Gasteiger partial charge in [0, 0.05) is 30.4 Å². The van der Waals surface area contributed by atoms with Crippen LogP contribution in [-0.2, 0) is 35.4 Å². The molecule has 0 radical (unpaired) electrons. The molecule has 204 valence electrons. The number of amides is 3. The average molecular weight is 539 g/mol. The highest BCUT2D eigenvalue weighted by Gasteiger charge is 2.33. The zero-order valence-corrected chi connectivity index (χ0v) is 22.1. The monoisotopic (exact) mass is 538 g/mol. The van der Waals surface area contributed by atoms with Gasteiger partial charge in [0.25, 0.3) is 0 Å². The third kappa shape index (κ3) is 6.37.